The van der Waals surface area contributed by atoms with Gasteiger partial charge in [-0.1, -0.05) is 18.2 Å². The van der Waals surface area contributed by atoms with Crippen LogP contribution in [0.2, 0.25) is 0 Å². The van der Waals surface area contributed by atoms with Crippen molar-refractivity contribution < 1.29 is 43.9 Å². The van der Waals surface area contributed by atoms with Crippen molar-refractivity contribution in [3.63, 3.8) is 0 Å². The number of carbonyl (C=O) groups excluding carboxylic acids is 1. The molecule has 2 heterocycles. The first kappa shape index (κ1) is 13.7. The Hall–Kier alpha value is -1.70. The van der Waals surface area contributed by atoms with Gasteiger partial charge in [-0.25, -0.2) is 0 Å². The van der Waals surface area contributed by atoms with Crippen LogP contribution in [0.3, 0.4) is 0 Å². The molecule has 0 unspecified atom stereocenters. The summed E-state index contributed by atoms with van der Waals surface area (Å²) in [7, 11) is 0. The van der Waals surface area contributed by atoms with Crippen molar-refractivity contribution in [1.29, 1.82) is 0 Å². The van der Waals surface area contributed by atoms with E-state index in [0.717, 1.165) is 10.9 Å². The number of nitrogens with zero attached hydrogens (tertiary/aromatic N) is 4. The molecule has 0 N–H and O–H groups in total. The molecule has 3 aromatic rings. The smallest absolute Gasteiger partial charge is 0.540 e. The largest absolute Gasteiger partial charge is 1.00 e. The zero-order valence-electron chi connectivity index (χ0n) is 10.1. The number of hydrogen-bond acceptors (Lipinski definition) is 6. The zero-order valence-corrected chi connectivity index (χ0v) is 12.1. The van der Waals surface area contributed by atoms with E-state index in [9.17, 15) is 9.90 Å². The third-order valence-electron chi connectivity index (χ3n) is 2.48. The summed E-state index contributed by atoms with van der Waals surface area (Å²) in [4.78, 5) is 10.5. The number of aromatic carboxylic acids is 1. The molecule has 0 saturated carbocycles. The molecule has 0 aliphatic rings. The van der Waals surface area contributed by atoms with Gasteiger partial charge in [0.05, 0.1) is 11.7 Å². The summed E-state index contributed by atoms with van der Waals surface area (Å²) in [6.07, 6.45) is 1.71. The maximum absolute atomic E-state index is 10.5. The summed E-state index contributed by atoms with van der Waals surface area (Å²) >= 11 is 0. The first-order valence-corrected chi connectivity index (χ1v) is 5.18. The van der Waals surface area contributed by atoms with Gasteiger partial charge in [0.1, 0.15) is 12.5 Å². The van der Waals surface area contributed by atoms with Gasteiger partial charge in [0.15, 0.2) is 0 Å². The van der Waals surface area contributed by atoms with Crippen molar-refractivity contribution in [3.8, 4) is 0 Å². The van der Waals surface area contributed by atoms with E-state index in [1.54, 1.807) is 10.9 Å². The Morgan fingerprint density at radius 2 is 2.11 bits per heavy atom. The Bertz CT molecular complexity index is 721. The maximum Gasteiger partial charge on any atom is 1.00 e. The fraction of sp³-hybridized carbons (Fsp3) is 0.0909. The average molecular weight is 266 g/mol. The minimum atomic E-state index is -1.49. The summed E-state index contributed by atoms with van der Waals surface area (Å²) in [5.41, 5.74) is 0.908. The molecule has 1 aromatic carbocycles. The second-order valence-electron chi connectivity index (χ2n) is 3.65. The van der Waals surface area contributed by atoms with Crippen molar-refractivity contribution in [2.75, 3.05) is 0 Å². The summed E-state index contributed by atoms with van der Waals surface area (Å²) in [6, 6.07) is 7.63. The van der Waals surface area contributed by atoms with Gasteiger partial charge >= 0.3 is 29.6 Å². The summed E-state index contributed by atoms with van der Waals surface area (Å²) in [6.45, 7) is 0.216. The number of para-hydroxylation sites is 1. The third kappa shape index (κ3) is 2.67. The molecule has 0 aliphatic carbocycles. The fourth-order valence-corrected chi connectivity index (χ4v) is 1.68. The van der Waals surface area contributed by atoms with Crippen LogP contribution in [0, 0.1) is 0 Å². The van der Waals surface area contributed by atoms with Crippen LogP contribution in [-0.2, 0) is 6.54 Å². The molecule has 7 nitrogen and oxygen atoms in total. The molecule has 0 fully saturated rings. The van der Waals surface area contributed by atoms with Crippen molar-refractivity contribution >= 4 is 16.9 Å². The summed E-state index contributed by atoms with van der Waals surface area (Å²) in [5, 5.41) is 22.6. The van der Waals surface area contributed by atoms with Gasteiger partial charge < -0.3 is 14.3 Å². The number of rotatable bonds is 3. The van der Waals surface area contributed by atoms with Gasteiger partial charge in [-0.15, -0.1) is 10.2 Å². The monoisotopic (exact) mass is 266 g/mol. The molecule has 0 amide bonds. The predicted molar refractivity (Wildman–Crippen MR) is 57.5 cm³/mol. The van der Waals surface area contributed by atoms with E-state index in [2.05, 4.69) is 15.3 Å². The summed E-state index contributed by atoms with van der Waals surface area (Å²) in [5.74, 6) is -1.84. The molecule has 0 spiro atoms. The average Bonchev–Trinajstić information content (AvgIpc) is 2.98. The molecule has 90 valence electrons. The second kappa shape index (κ2) is 5.52. The van der Waals surface area contributed by atoms with Gasteiger partial charge in [-0.2, -0.15) is 5.10 Å². The van der Waals surface area contributed by atoms with Crippen molar-refractivity contribution in [3.05, 3.63) is 42.2 Å². The van der Waals surface area contributed by atoms with Crippen LogP contribution in [0.1, 0.15) is 16.6 Å². The van der Waals surface area contributed by atoms with Crippen LogP contribution in [0.5, 0.6) is 0 Å². The summed E-state index contributed by atoms with van der Waals surface area (Å²) < 4.78 is 6.58. The van der Waals surface area contributed by atoms with E-state index >= 15 is 0 Å². The standard InChI is InChI=1S/C11H8N4O3.Na/c16-11(17)10-14-13-9(18-10)6-15-8-4-2-1-3-7(8)5-12-15;/h1-5H,6H2,(H,16,17);/q;+1/p-1. The Kier molecular flexibility index (Phi) is 3.98. The Labute approximate surface area is 129 Å². The van der Waals surface area contributed by atoms with Gasteiger partial charge in [0.25, 0.3) is 5.89 Å². The zero-order chi connectivity index (χ0) is 12.5. The van der Waals surface area contributed by atoms with Gasteiger partial charge in [-0.3, -0.25) is 4.68 Å². The van der Waals surface area contributed by atoms with Crippen LogP contribution >= 0.6 is 0 Å². The van der Waals surface area contributed by atoms with E-state index in [0.29, 0.717) is 0 Å². The van der Waals surface area contributed by atoms with Crippen LogP contribution in [0.15, 0.2) is 34.9 Å². The number of carbonyl (C=O) groups is 1. The van der Waals surface area contributed by atoms with E-state index in [1.807, 2.05) is 24.3 Å². The molecule has 0 saturated heterocycles. The van der Waals surface area contributed by atoms with Crippen molar-refractivity contribution in [2.24, 2.45) is 0 Å². The Morgan fingerprint density at radius 3 is 2.84 bits per heavy atom. The first-order valence-electron chi connectivity index (χ1n) is 5.18. The van der Waals surface area contributed by atoms with Gasteiger partial charge in [0, 0.05) is 5.39 Å². The molecule has 0 radical (unpaired) electrons. The minimum absolute atomic E-state index is 0. The Morgan fingerprint density at radius 1 is 1.32 bits per heavy atom. The molecular formula is C11H7N4NaO3. The van der Waals surface area contributed by atoms with Crippen LogP contribution in [-0.4, -0.2) is 25.9 Å². The van der Waals surface area contributed by atoms with Crippen LogP contribution < -0.4 is 34.7 Å². The van der Waals surface area contributed by atoms with Crippen molar-refractivity contribution in [1.82, 2.24) is 20.0 Å². The third-order valence-corrected chi connectivity index (χ3v) is 2.48. The van der Waals surface area contributed by atoms with E-state index < -0.39 is 11.9 Å². The number of carboxylic acids is 1. The number of carboxylic acid groups (broad SMARTS) is 1. The van der Waals surface area contributed by atoms with E-state index in [4.69, 9.17) is 4.42 Å². The molecule has 2 aromatic heterocycles. The van der Waals surface area contributed by atoms with Gasteiger partial charge in [0.2, 0.25) is 5.89 Å². The molecular weight excluding hydrogens is 259 g/mol. The van der Waals surface area contributed by atoms with E-state index in [-0.39, 0.29) is 42.0 Å². The van der Waals surface area contributed by atoms with Crippen molar-refractivity contribution in [2.45, 2.75) is 6.54 Å². The van der Waals surface area contributed by atoms with Gasteiger partial charge in [-0.05, 0) is 6.07 Å². The normalized spacial score (nSPS) is 10.3. The number of fused-ring (bicyclic) bond motifs is 1. The fourth-order valence-electron chi connectivity index (χ4n) is 1.68. The quantitative estimate of drug-likeness (QED) is 0.464. The number of benzene rings is 1. The predicted octanol–water partition coefficient (Wildman–Crippen LogP) is -3.16. The number of aromatic nitrogens is 4. The topological polar surface area (TPSA) is 96.9 Å². The molecule has 0 aliphatic heterocycles. The SMILES string of the molecule is O=C([O-])c1nnc(Cn2ncc3ccccc32)o1.[Na+]. The molecule has 0 atom stereocenters. The molecule has 8 heteroatoms. The first-order chi connectivity index (χ1) is 8.74. The van der Waals surface area contributed by atoms with Crippen LogP contribution in [0.4, 0.5) is 0 Å². The molecule has 19 heavy (non-hydrogen) atoms. The van der Waals surface area contributed by atoms with Crippen LogP contribution in [0.25, 0.3) is 10.9 Å². The van der Waals surface area contributed by atoms with E-state index in [1.165, 1.54) is 0 Å². The molecule has 0 bridgehead atoms. The Balaban J connectivity index is 0.00000133. The number of hydrogen-bond donors (Lipinski definition) is 0. The second-order valence-corrected chi connectivity index (χ2v) is 3.65. The molecule has 3 rings (SSSR count). The minimum Gasteiger partial charge on any atom is -0.540 e. The maximum atomic E-state index is 10.5.